The van der Waals surface area contributed by atoms with Gasteiger partial charge in [0, 0.05) is 0 Å². The van der Waals surface area contributed by atoms with E-state index < -0.39 is 349 Å². The molecule has 0 saturated heterocycles. The van der Waals surface area contributed by atoms with E-state index in [1.54, 1.807) is 0 Å². The second kappa shape index (κ2) is 14.7. The predicted molar refractivity (Wildman–Crippen MR) is 270 cm³/mol. The van der Waals surface area contributed by atoms with Crippen molar-refractivity contribution in [3.8, 4) is 23.3 Å². The molecule has 0 radical (unpaired) electrons. The molecule has 0 bridgehead atoms. The van der Waals surface area contributed by atoms with Crippen molar-refractivity contribution in [3.63, 3.8) is 0 Å². The van der Waals surface area contributed by atoms with Crippen molar-refractivity contribution in [2.45, 2.75) is 0 Å². The molecule has 0 spiro atoms. The number of benzene rings is 9. The molecule has 0 N–H and O–H groups in total. The van der Waals surface area contributed by atoms with Crippen molar-refractivity contribution < 1.29 is 50.7 Å². The van der Waals surface area contributed by atoms with Gasteiger partial charge in [0.15, 0.2) is 0 Å². The second-order valence-corrected chi connectivity index (χ2v) is 19.2. The first kappa shape index (κ1) is 15.5. The van der Waals surface area contributed by atoms with E-state index in [4.69, 9.17) is 17.8 Å². The van der Waals surface area contributed by atoms with E-state index in [-0.39, 0.29) is 4.26 Å². The van der Waals surface area contributed by atoms with Gasteiger partial charge in [-0.1, -0.05) is 72.5 Å². The van der Waals surface area contributed by atoms with Crippen LogP contribution in [0.15, 0.2) is 224 Å². The summed E-state index contributed by atoms with van der Waals surface area (Å²) >= 11 is -1.78. The fourth-order valence-corrected chi connectivity index (χ4v) is 14.8. The summed E-state index contributed by atoms with van der Waals surface area (Å²) < 4.78 is 346. The summed E-state index contributed by atoms with van der Waals surface area (Å²) in [5.41, 5.74) is -4.27. The van der Waals surface area contributed by atoms with Crippen LogP contribution < -0.4 is 20.7 Å². The molecule has 0 atom stereocenters. The van der Waals surface area contributed by atoms with Gasteiger partial charge in [-0.2, -0.15) is 0 Å². The summed E-state index contributed by atoms with van der Waals surface area (Å²) in [4.78, 5) is 13.9. The molecule has 0 aliphatic rings. The van der Waals surface area contributed by atoms with Crippen molar-refractivity contribution in [3.05, 3.63) is 224 Å². The van der Waals surface area contributed by atoms with Crippen LogP contribution in [0, 0.1) is 0 Å². The quantitative estimate of drug-likeness (QED) is 0.118. The number of rotatable bonds is 7. The Labute approximate surface area is 427 Å². The molecule has 0 saturated carbocycles. The second-order valence-electron chi connectivity index (χ2n) is 13.6. The number of para-hydroxylation sites is 4. The summed E-state index contributed by atoms with van der Waals surface area (Å²) in [5, 5.41) is -8.17. The van der Waals surface area contributed by atoms with Crippen molar-refractivity contribution >= 4 is 106 Å². The van der Waals surface area contributed by atoms with E-state index in [0.717, 1.165) is 0 Å². The van der Waals surface area contributed by atoms with Crippen LogP contribution in [0.5, 0.6) is 0 Å². The average molecular weight is 936 g/mol. The fraction of sp³-hybridized carbons (Fsp3) is 0. The van der Waals surface area contributed by atoms with E-state index in [9.17, 15) is 32.9 Å². The standard InChI is InChI=1S/C57H37N5SeSi/c1-3-20-39(21-4-1)64(40-22-5-2-6-23-40,53-36-18-30-47-46-29-11-16-35-52(46)63-54(47)53)41-24-17-19-38(37-41)55-58-56(61-48-31-12-7-25-42(48)43-26-8-13-32-49(43)61)60-57(59-55)62-50-33-14-9-27-44(50)45-28-10-15-34-51(45)62/h1-37H/i1D,2D,3D,4D,5D,6D,7D,8D,9D,10D,11D,12D,13D,14D,15D,16D,17D,18D,19D,20D,21D,22D,23D,24D,25D,26D,27D,28D,29D,30D,31D,32D,33D,34D,35D,36D,37D. The van der Waals surface area contributed by atoms with Crippen molar-refractivity contribution in [1.29, 1.82) is 0 Å². The van der Waals surface area contributed by atoms with Crippen LogP contribution in [0.25, 0.3) is 86.2 Å². The molecule has 13 rings (SSSR count). The molecule has 9 aromatic carbocycles. The zero-order chi connectivity index (χ0) is 74.4. The minimum atomic E-state index is -6.68. The van der Waals surface area contributed by atoms with Crippen LogP contribution in [-0.4, -0.2) is 46.7 Å². The van der Waals surface area contributed by atoms with E-state index in [1.165, 1.54) is 0 Å². The van der Waals surface area contributed by atoms with Crippen molar-refractivity contribution in [2.75, 3.05) is 0 Å². The molecule has 0 unspecified atom stereocenters. The zero-order valence-corrected chi connectivity index (χ0v) is 34.4. The van der Waals surface area contributed by atoms with Gasteiger partial charge in [-0.05, 0) is 0 Å². The predicted octanol–water partition coefficient (Wildman–Crippen LogP) is 10.5. The SMILES string of the molecule is [2H]c1c([2H])c([2H])c([Si](c2c([2H])c([2H])c([2H])c([2H])c2[2H])(c2c([2H])c([2H])c([2H])c(-c3nc(-n4c5c([2H])c([2H])c([2H])c([2H])c5c5c([2H])c([2H])c([2H])c([2H])c54)nc(-n4c5c([2H])c([2H])c([2H])c([2H])c5c5c([2H])c([2H])c([2H])c([2H])c54)n3)c2[2H])c2c([2H])c([2H])c([2H])c3c2[se]c2c([2H])c([2H])c([2H])c([2H])c23)c([2H])c1[2H]. The first-order chi connectivity index (χ1) is 47.1. The normalized spacial score (nSPS) is 20.2. The summed E-state index contributed by atoms with van der Waals surface area (Å²) in [6.45, 7) is 0. The molecule has 13 aromatic rings. The van der Waals surface area contributed by atoms with Crippen LogP contribution >= 0.6 is 0 Å². The van der Waals surface area contributed by atoms with Gasteiger partial charge in [0.25, 0.3) is 0 Å². The van der Waals surface area contributed by atoms with Gasteiger partial charge < -0.3 is 0 Å². The topological polar surface area (TPSA) is 48.5 Å². The average Bonchev–Trinajstić information content (AvgIpc) is 1.55. The molecule has 0 amide bonds. The number of hydrogen-bond donors (Lipinski definition) is 0. The van der Waals surface area contributed by atoms with Crippen LogP contribution in [0.2, 0.25) is 0 Å². The first-order valence-corrected chi connectivity index (χ1v) is 22.3. The summed E-state index contributed by atoms with van der Waals surface area (Å²) in [6, 6.07) is -40.6. The van der Waals surface area contributed by atoms with Gasteiger partial charge in [-0.15, -0.1) is 0 Å². The van der Waals surface area contributed by atoms with Gasteiger partial charge in [-0.25, -0.2) is 0 Å². The van der Waals surface area contributed by atoms with Gasteiger partial charge in [0.2, 0.25) is 0 Å². The summed E-state index contributed by atoms with van der Waals surface area (Å²) in [7, 11) is -6.68. The van der Waals surface area contributed by atoms with Crippen LogP contribution in [0.4, 0.5) is 0 Å². The van der Waals surface area contributed by atoms with Gasteiger partial charge in [0.05, 0.1) is 21.9 Å². The fourth-order valence-electron chi connectivity index (χ4n) is 7.77. The molecule has 64 heavy (non-hydrogen) atoms. The molecule has 7 heteroatoms. The van der Waals surface area contributed by atoms with Crippen LogP contribution in [-0.2, 0) is 0 Å². The third kappa shape index (κ3) is 5.52. The number of fused-ring (bicyclic) bond motifs is 9. The molecule has 300 valence electrons. The number of nitrogens with zero attached hydrogens (tertiary/aromatic N) is 5. The van der Waals surface area contributed by atoms with Gasteiger partial charge in [-0.3, -0.25) is 0 Å². The Hall–Kier alpha value is -7.67. The third-order valence-corrected chi connectivity index (χ3v) is 17.2. The maximum atomic E-state index is 10.9. The summed E-state index contributed by atoms with van der Waals surface area (Å²) in [6.07, 6.45) is 0. The van der Waals surface area contributed by atoms with Gasteiger partial charge >= 0.3 is 333 Å². The molecule has 5 nitrogen and oxygen atoms in total. The van der Waals surface area contributed by atoms with Gasteiger partial charge in [0.1, 0.15) is 0 Å². The van der Waals surface area contributed by atoms with Crippen LogP contribution in [0.3, 0.4) is 0 Å². The van der Waals surface area contributed by atoms with E-state index in [1.807, 2.05) is 0 Å². The monoisotopic (exact) mass is 936 g/mol. The molecule has 4 heterocycles. The maximum absolute atomic E-state index is 10.9. The van der Waals surface area contributed by atoms with Crippen molar-refractivity contribution in [1.82, 2.24) is 24.1 Å². The minimum absolute atomic E-state index is 0.298. The Morgan fingerprint density at radius 3 is 1.33 bits per heavy atom. The van der Waals surface area contributed by atoms with E-state index >= 15 is 0 Å². The third-order valence-electron chi connectivity index (χ3n) is 10.4. The Morgan fingerprint density at radius 1 is 0.375 bits per heavy atom. The Balaban J connectivity index is 1.37. The number of aromatic nitrogens is 5. The molecular formula is C57H37N5SeSi. The Bertz CT molecular complexity index is 5680. The first-order valence-electron chi connectivity index (χ1n) is 37.1. The van der Waals surface area contributed by atoms with Crippen LogP contribution in [0.1, 0.15) is 50.7 Å². The Kier molecular flexibility index (Phi) is 3.57. The molecule has 0 aliphatic carbocycles. The molecule has 0 fully saturated rings. The van der Waals surface area contributed by atoms with E-state index in [2.05, 4.69) is 15.0 Å². The molecular weight excluding hydrogens is 862 g/mol. The molecule has 0 aliphatic heterocycles. The number of hydrogen-bond acceptors (Lipinski definition) is 3. The van der Waals surface area contributed by atoms with E-state index in [0.29, 0.717) is 9.13 Å². The Morgan fingerprint density at radius 2 is 0.797 bits per heavy atom. The zero-order valence-electron chi connectivity index (χ0n) is 68.6. The summed E-state index contributed by atoms with van der Waals surface area (Å²) in [5.74, 6) is -3.47. The van der Waals surface area contributed by atoms with Crippen molar-refractivity contribution in [2.24, 2.45) is 0 Å². The molecule has 4 aromatic heterocycles.